The predicted molar refractivity (Wildman–Crippen MR) is 94.0 cm³/mol. The molecule has 4 heteroatoms. The zero-order valence-corrected chi connectivity index (χ0v) is 14.7. The molecule has 0 heterocycles. The van der Waals surface area contributed by atoms with Crippen molar-refractivity contribution in [2.75, 3.05) is 0 Å². The zero-order chi connectivity index (χ0) is 17.0. The van der Waals surface area contributed by atoms with Crippen molar-refractivity contribution in [2.24, 2.45) is 0 Å². The molecule has 3 nitrogen and oxygen atoms in total. The van der Waals surface area contributed by atoms with Gasteiger partial charge in [0.15, 0.2) is 6.10 Å². The number of nitrogens with one attached hydrogen (secondary N) is 1. The van der Waals surface area contributed by atoms with E-state index in [1.54, 1.807) is 6.92 Å². The minimum atomic E-state index is -0.570. The quantitative estimate of drug-likeness (QED) is 0.884. The molecular formula is C19H22ClNO2. The van der Waals surface area contributed by atoms with Gasteiger partial charge in [0.25, 0.3) is 5.91 Å². The molecule has 0 aliphatic heterocycles. The topological polar surface area (TPSA) is 38.3 Å². The second kappa shape index (κ2) is 7.51. The average Bonchev–Trinajstić information content (AvgIpc) is 2.51. The molecule has 2 aromatic rings. The number of hydrogen-bond donors (Lipinski definition) is 1. The summed E-state index contributed by atoms with van der Waals surface area (Å²) in [6.45, 7) is 8.11. The minimum Gasteiger partial charge on any atom is -0.481 e. The number of rotatable bonds is 5. The van der Waals surface area contributed by atoms with Gasteiger partial charge < -0.3 is 10.1 Å². The zero-order valence-electron chi connectivity index (χ0n) is 13.9. The highest BCUT2D eigenvalue weighted by atomic mass is 35.5. The average molecular weight is 332 g/mol. The number of carbonyl (C=O) groups excluding carboxylic acids is 1. The molecule has 0 bridgehead atoms. The van der Waals surface area contributed by atoms with Crippen molar-refractivity contribution in [3.63, 3.8) is 0 Å². The Labute approximate surface area is 142 Å². The molecule has 2 aromatic carbocycles. The Balaban J connectivity index is 1.96. The molecule has 0 aliphatic carbocycles. The van der Waals surface area contributed by atoms with E-state index in [0.29, 0.717) is 12.3 Å². The van der Waals surface area contributed by atoms with Crippen LogP contribution in [0.5, 0.6) is 5.75 Å². The Morgan fingerprint density at radius 2 is 1.74 bits per heavy atom. The minimum absolute atomic E-state index is 0.140. The van der Waals surface area contributed by atoms with Crippen LogP contribution in [0.15, 0.2) is 36.4 Å². The van der Waals surface area contributed by atoms with Gasteiger partial charge in [-0.3, -0.25) is 4.79 Å². The predicted octanol–water partition coefficient (Wildman–Crippen LogP) is 4.35. The van der Waals surface area contributed by atoms with E-state index in [-0.39, 0.29) is 5.91 Å². The third kappa shape index (κ3) is 4.49. The van der Waals surface area contributed by atoms with E-state index in [4.69, 9.17) is 16.3 Å². The second-order valence-electron chi connectivity index (χ2n) is 5.78. The van der Waals surface area contributed by atoms with E-state index in [1.807, 2.05) is 57.2 Å². The largest absolute Gasteiger partial charge is 0.481 e. The van der Waals surface area contributed by atoms with Gasteiger partial charge in [-0.25, -0.2) is 0 Å². The monoisotopic (exact) mass is 331 g/mol. The van der Waals surface area contributed by atoms with Crippen LogP contribution in [-0.2, 0) is 11.3 Å². The van der Waals surface area contributed by atoms with Crippen LogP contribution in [0.3, 0.4) is 0 Å². The smallest absolute Gasteiger partial charge is 0.261 e. The van der Waals surface area contributed by atoms with Crippen molar-refractivity contribution in [1.82, 2.24) is 5.32 Å². The summed E-state index contributed by atoms with van der Waals surface area (Å²) in [4.78, 5) is 12.2. The Morgan fingerprint density at radius 1 is 1.13 bits per heavy atom. The lowest BCUT2D eigenvalue weighted by atomic mass is 10.1. The Hall–Kier alpha value is -2.00. The third-order valence-corrected chi connectivity index (χ3v) is 4.40. The van der Waals surface area contributed by atoms with Gasteiger partial charge >= 0.3 is 0 Å². The first kappa shape index (κ1) is 17.4. The number of amides is 1. The fourth-order valence-corrected chi connectivity index (χ4v) is 2.48. The SMILES string of the molecule is Cc1ccccc1CNC(=O)C(C)Oc1cc(C)c(Cl)c(C)c1. The number of hydrogen-bond acceptors (Lipinski definition) is 2. The first-order valence-electron chi connectivity index (χ1n) is 7.64. The van der Waals surface area contributed by atoms with Crippen molar-refractivity contribution in [3.05, 3.63) is 63.7 Å². The lowest BCUT2D eigenvalue weighted by Gasteiger charge is -2.16. The fourth-order valence-electron chi connectivity index (χ4n) is 2.37. The summed E-state index contributed by atoms with van der Waals surface area (Å²) in [5.74, 6) is 0.515. The summed E-state index contributed by atoms with van der Waals surface area (Å²) >= 11 is 6.15. The molecule has 1 N–H and O–H groups in total. The van der Waals surface area contributed by atoms with Crippen LogP contribution in [0.25, 0.3) is 0 Å². The molecule has 0 fully saturated rings. The van der Waals surface area contributed by atoms with Crippen LogP contribution in [-0.4, -0.2) is 12.0 Å². The number of benzene rings is 2. The van der Waals surface area contributed by atoms with E-state index >= 15 is 0 Å². The first-order valence-corrected chi connectivity index (χ1v) is 8.02. The van der Waals surface area contributed by atoms with Gasteiger partial charge in [0.05, 0.1) is 0 Å². The summed E-state index contributed by atoms with van der Waals surface area (Å²) < 4.78 is 5.74. The summed E-state index contributed by atoms with van der Waals surface area (Å²) in [6.07, 6.45) is -0.570. The summed E-state index contributed by atoms with van der Waals surface area (Å²) in [5.41, 5.74) is 4.14. The van der Waals surface area contributed by atoms with Crippen molar-refractivity contribution < 1.29 is 9.53 Å². The van der Waals surface area contributed by atoms with Crippen LogP contribution in [0, 0.1) is 20.8 Å². The molecule has 0 spiro atoms. The Kier molecular flexibility index (Phi) is 5.67. The highest BCUT2D eigenvalue weighted by Gasteiger charge is 2.15. The molecule has 0 saturated carbocycles. The van der Waals surface area contributed by atoms with Gasteiger partial charge in [-0.15, -0.1) is 0 Å². The van der Waals surface area contributed by atoms with Crippen LogP contribution in [0.2, 0.25) is 5.02 Å². The molecular weight excluding hydrogens is 310 g/mol. The van der Waals surface area contributed by atoms with Crippen molar-refractivity contribution >= 4 is 17.5 Å². The highest BCUT2D eigenvalue weighted by molar-refractivity contribution is 6.32. The number of aryl methyl sites for hydroxylation is 3. The van der Waals surface area contributed by atoms with Crippen molar-refractivity contribution in [1.29, 1.82) is 0 Å². The molecule has 1 atom stereocenters. The maximum atomic E-state index is 12.2. The van der Waals surface area contributed by atoms with E-state index in [9.17, 15) is 4.79 Å². The van der Waals surface area contributed by atoms with Crippen LogP contribution in [0.4, 0.5) is 0 Å². The lowest BCUT2D eigenvalue weighted by Crippen LogP contribution is -2.36. The summed E-state index contributed by atoms with van der Waals surface area (Å²) in [6, 6.07) is 11.7. The van der Waals surface area contributed by atoms with Gasteiger partial charge in [0.1, 0.15) is 5.75 Å². The molecule has 1 amide bonds. The maximum Gasteiger partial charge on any atom is 0.261 e. The first-order chi connectivity index (χ1) is 10.9. The van der Waals surface area contributed by atoms with Gasteiger partial charge in [-0.05, 0) is 62.1 Å². The third-order valence-electron chi connectivity index (χ3n) is 3.81. The molecule has 23 heavy (non-hydrogen) atoms. The molecule has 2 rings (SSSR count). The Morgan fingerprint density at radius 3 is 2.35 bits per heavy atom. The Bertz CT molecular complexity index is 689. The van der Waals surface area contributed by atoms with Crippen LogP contribution < -0.4 is 10.1 Å². The van der Waals surface area contributed by atoms with Crippen LogP contribution >= 0.6 is 11.6 Å². The van der Waals surface area contributed by atoms with Gasteiger partial charge in [-0.2, -0.15) is 0 Å². The maximum absolute atomic E-state index is 12.2. The van der Waals surface area contributed by atoms with E-state index in [2.05, 4.69) is 5.32 Å². The van der Waals surface area contributed by atoms with E-state index < -0.39 is 6.10 Å². The van der Waals surface area contributed by atoms with E-state index in [0.717, 1.165) is 27.3 Å². The van der Waals surface area contributed by atoms with Gasteiger partial charge in [0.2, 0.25) is 0 Å². The second-order valence-corrected chi connectivity index (χ2v) is 6.15. The standard InChI is InChI=1S/C19H22ClNO2/c1-12-7-5-6-8-16(12)11-21-19(22)15(4)23-17-9-13(2)18(20)14(3)10-17/h5-10,15H,11H2,1-4H3,(H,21,22). The van der Waals surface area contributed by atoms with Gasteiger partial charge in [0, 0.05) is 11.6 Å². The summed E-state index contributed by atoms with van der Waals surface area (Å²) in [7, 11) is 0. The lowest BCUT2D eigenvalue weighted by molar-refractivity contribution is -0.127. The van der Waals surface area contributed by atoms with Gasteiger partial charge in [-0.1, -0.05) is 35.9 Å². The molecule has 0 saturated heterocycles. The normalized spacial score (nSPS) is 11.9. The van der Waals surface area contributed by atoms with Crippen LogP contribution in [0.1, 0.15) is 29.2 Å². The number of carbonyl (C=O) groups is 1. The van der Waals surface area contributed by atoms with Crippen molar-refractivity contribution in [2.45, 2.75) is 40.3 Å². The summed E-state index contributed by atoms with van der Waals surface area (Å²) in [5, 5.41) is 3.64. The molecule has 0 aromatic heterocycles. The molecule has 0 radical (unpaired) electrons. The number of halogens is 1. The fraction of sp³-hybridized carbons (Fsp3) is 0.316. The molecule has 122 valence electrons. The molecule has 0 aliphatic rings. The molecule has 1 unspecified atom stereocenters. The number of ether oxygens (including phenoxy) is 1. The highest BCUT2D eigenvalue weighted by Crippen LogP contribution is 2.26. The van der Waals surface area contributed by atoms with Crippen molar-refractivity contribution in [3.8, 4) is 5.75 Å². The van der Waals surface area contributed by atoms with E-state index in [1.165, 1.54) is 0 Å².